The second kappa shape index (κ2) is 9.23. The zero-order chi connectivity index (χ0) is 21.8. The summed E-state index contributed by atoms with van der Waals surface area (Å²) in [4.78, 5) is 18.8. The summed E-state index contributed by atoms with van der Waals surface area (Å²) < 4.78 is 17.7. The fourth-order valence-electron chi connectivity index (χ4n) is 3.04. The van der Waals surface area contributed by atoms with E-state index in [1.807, 2.05) is 27.4 Å². The van der Waals surface area contributed by atoms with Crippen molar-refractivity contribution < 1.29 is 19.0 Å². The number of rotatable bonds is 8. The monoisotopic (exact) mass is 459 g/mol. The van der Waals surface area contributed by atoms with Crippen LogP contribution >= 0.6 is 22.7 Å². The summed E-state index contributed by atoms with van der Waals surface area (Å²) in [6.45, 7) is 0.441. The predicted molar refractivity (Wildman–Crippen MR) is 121 cm³/mol. The molecule has 0 spiro atoms. The van der Waals surface area contributed by atoms with Gasteiger partial charge in [-0.25, -0.2) is 9.31 Å². The van der Waals surface area contributed by atoms with Crippen molar-refractivity contribution in [2.45, 2.75) is 6.42 Å². The maximum atomic E-state index is 12.4. The Balaban J connectivity index is 1.38. The second-order valence-electron chi connectivity index (χ2n) is 6.38. The number of anilines is 1. The van der Waals surface area contributed by atoms with E-state index in [0.717, 1.165) is 21.4 Å². The lowest BCUT2D eigenvalue weighted by molar-refractivity contribution is 0.252. The normalized spacial score (nSPS) is 10.8. The molecule has 1 aromatic carbocycles. The predicted octanol–water partition coefficient (Wildman–Crippen LogP) is 3.91. The van der Waals surface area contributed by atoms with Crippen molar-refractivity contribution in [3.8, 4) is 28.0 Å². The molecule has 2 N–H and O–H groups in total. The van der Waals surface area contributed by atoms with Gasteiger partial charge in [0.25, 0.3) is 0 Å². The van der Waals surface area contributed by atoms with Crippen LogP contribution in [0.3, 0.4) is 0 Å². The molecule has 0 saturated carbocycles. The molecule has 3 aromatic heterocycles. The summed E-state index contributed by atoms with van der Waals surface area (Å²) in [5, 5.41) is 14.2. The molecule has 4 rings (SSSR count). The maximum Gasteiger partial charge on any atom is 0.319 e. The summed E-state index contributed by atoms with van der Waals surface area (Å²) in [5.74, 6) is 2.11. The Hall–Kier alpha value is -3.31. The van der Waals surface area contributed by atoms with Crippen LogP contribution in [0.2, 0.25) is 0 Å². The molecule has 0 saturated heterocycles. The van der Waals surface area contributed by atoms with Crippen LogP contribution in [0.15, 0.2) is 35.0 Å². The maximum absolute atomic E-state index is 12.4. The van der Waals surface area contributed by atoms with E-state index in [9.17, 15) is 4.79 Å². The van der Waals surface area contributed by atoms with Gasteiger partial charge in [-0.05, 0) is 11.4 Å². The topological polar surface area (TPSA) is 99.0 Å². The highest BCUT2D eigenvalue weighted by Gasteiger charge is 2.15. The van der Waals surface area contributed by atoms with Crippen LogP contribution in [0.4, 0.5) is 10.5 Å². The van der Waals surface area contributed by atoms with Gasteiger partial charge in [-0.2, -0.15) is 4.98 Å². The molecular weight excluding hydrogens is 438 g/mol. The summed E-state index contributed by atoms with van der Waals surface area (Å²) in [6, 6.07) is 6.99. The van der Waals surface area contributed by atoms with Crippen molar-refractivity contribution >= 4 is 39.4 Å². The molecule has 0 aliphatic heterocycles. The number of hydrogen-bond acceptors (Lipinski definition) is 8. The molecule has 9 nitrogen and oxygen atoms in total. The molecule has 0 bridgehead atoms. The first-order chi connectivity index (χ1) is 15.1. The van der Waals surface area contributed by atoms with E-state index in [4.69, 9.17) is 14.2 Å². The third-order valence-corrected chi connectivity index (χ3v) is 6.21. The van der Waals surface area contributed by atoms with Crippen molar-refractivity contribution in [2.24, 2.45) is 0 Å². The van der Waals surface area contributed by atoms with Crippen molar-refractivity contribution in [3.05, 3.63) is 40.7 Å². The SMILES string of the molecule is COc1cc(NC(=O)NCCc2csc3nc(-c4cccs4)nn23)cc(OC)c1OC. The van der Waals surface area contributed by atoms with E-state index in [0.29, 0.717) is 35.9 Å². The van der Waals surface area contributed by atoms with E-state index in [2.05, 4.69) is 20.7 Å². The highest BCUT2D eigenvalue weighted by atomic mass is 32.1. The summed E-state index contributed by atoms with van der Waals surface area (Å²) >= 11 is 3.14. The van der Waals surface area contributed by atoms with Crippen LogP contribution in [0.25, 0.3) is 15.7 Å². The van der Waals surface area contributed by atoms with E-state index < -0.39 is 0 Å². The van der Waals surface area contributed by atoms with Gasteiger partial charge in [0.2, 0.25) is 10.7 Å². The number of aromatic nitrogens is 3. The third kappa shape index (κ3) is 4.42. The molecule has 31 heavy (non-hydrogen) atoms. The van der Waals surface area contributed by atoms with Gasteiger partial charge in [0, 0.05) is 30.5 Å². The lowest BCUT2D eigenvalue weighted by atomic mass is 10.2. The van der Waals surface area contributed by atoms with Gasteiger partial charge in [0.1, 0.15) is 0 Å². The Bertz CT molecular complexity index is 1160. The lowest BCUT2D eigenvalue weighted by Crippen LogP contribution is -2.30. The minimum atomic E-state index is -0.335. The number of benzene rings is 1. The standard InChI is InChI=1S/C20H21N5O4S2/c1-27-14-9-12(10-15(28-2)17(14)29-3)22-19(26)21-7-6-13-11-31-20-23-18(24-25(13)20)16-5-4-8-30-16/h4-5,8-11H,6-7H2,1-3H3,(H2,21,22,26). The first-order valence-electron chi connectivity index (χ1n) is 9.34. The van der Waals surface area contributed by atoms with Crippen LogP contribution in [-0.2, 0) is 6.42 Å². The van der Waals surface area contributed by atoms with Gasteiger partial charge < -0.3 is 24.8 Å². The average molecular weight is 460 g/mol. The van der Waals surface area contributed by atoms with Crippen LogP contribution in [-0.4, -0.2) is 48.5 Å². The fraction of sp³-hybridized carbons (Fsp3) is 0.250. The molecule has 0 fully saturated rings. The summed E-state index contributed by atoms with van der Waals surface area (Å²) in [5.41, 5.74) is 1.52. The Labute approximate surface area is 186 Å². The Morgan fingerprint density at radius 2 is 1.90 bits per heavy atom. The summed E-state index contributed by atoms with van der Waals surface area (Å²) in [6.07, 6.45) is 0.621. The number of ether oxygens (including phenoxy) is 3. The Morgan fingerprint density at radius 3 is 2.55 bits per heavy atom. The number of nitrogens with one attached hydrogen (secondary N) is 2. The number of carbonyl (C=O) groups excluding carboxylic acids is 1. The summed E-state index contributed by atoms with van der Waals surface area (Å²) in [7, 11) is 4.58. The van der Waals surface area contributed by atoms with Gasteiger partial charge in [0.15, 0.2) is 17.3 Å². The van der Waals surface area contributed by atoms with Gasteiger partial charge in [-0.1, -0.05) is 6.07 Å². The zero-order valence-corrected chi connectivity index (χ0v) is 18.8. The first-order valence-corrected chi connectivity index (χ1v) is 11.1. The first kappa shape index (κ1) is 20.9. The van der Waals surface area contributed by atoms with E-state index in [-0.39, 0.29) is 6.03 Å². The molecule has 4 aromatic rings. The Morgan fingerprint density at radius 1 is 1.13 bits per heavy atom. The number of amides is 2. The fourth-order valence-corrected chi connectivity index (χ4v) is 4.55. The lowest BCUT2D eigenvalue weighted by Gasteiger charge is -2.14. The van der Waals surface area contributed by atoms with Gasteiger partial charge in [-0.15, -0.1) is 27.8 Å². The number of thiazole rings is 1. The number of urea groups is 1. The van der Waals surface area contributed by atoms with Crippen molar-refractivity contribution in [3.63, 3.8) is 0 Å². The van der Waals surface area contributed by atoms with E-state index >= 15 is 0 Å². The van der Waals surface area contributed by atoms with Crippen LogP contribution in [0, 0.1) is 0 Å². The minimum Gasteiger partial charge on any atom is -0.493 e. The number of fused-ring (bicyclic) bond motifs is 1. The molecular formula is C20H21N5O4S2. The number of thiophene rings is 1. The second-order valence-corrected chi connectivity index (χ2v) is 8.16. The van der Waals surface area contributed by atoms with Crippen molar-refractivity contribution in [1.82, 2.24) is 19.9 Å². The molecule has 0 aliphatic carbocycles. The number of nitrogens with zero attached hydrogens (tertiary/aromatic N) is 3. The van der Waals surface area contributed by atoms with E-state index in [1.165, 1.54) is 32.7 Å². The smallest absolute Gasteiger partial charge is 0.319 e. The molecule has 0 atom stereocenters. The van der Waals surface area contributed by atoms with Crippen LogP contribution in [0.1, 0.15) is 5.69 Å². The number of methoxy groups -OCH3 is 3. The number of hydrogen-bond donors (Lipinski definition) is 2. The zero-order valence-electron chi connectivity index (χ0n) is 17.2. The van der Waals surface area contributed by atoms with Crippen molar-refractivity contribution in [2.75, 3.05) is 33.2 Å². The largest absolute Gasteiger partial charge is 0.493 e. The molecule has 3 heterocycles. The quantitative estimate of drug-likeness (QED) is 0.415. The number of carbonyl (C=O) groups is 1. The van der Waals surface area contributed by atoms with Gasteiger partial charge in [0.05, 0.1) is 37.6 Å². The van der Waals surface area contributed by atoms with Gasteiger partial charge >= 0.3 is 6.03 Å². The molecule has 162 valence electrons. The van der Waals surface area contributed by atoms with Crippen LogP contribution in [0.5, 0.6) is 17.2 Å². The van der Waals surface area contributed by atoms with E-state index in [1.54, 1.807) is 23.5 Å². The van der Waals surface area contributed by atoms with Crippen LogP contribution < -0.4 is 24.8 Å². The third-order valence-electron chi connectivity index (χ3n) is 4.48. The minimum absolute atomic E-state index is 0.335. The van der Waals surface area contributed by atoms with Gasteiger partial charge in [-0.3, -0.25) is 0 Å². The molecule has 2 amide bonds. The molecule has 11 heteroatoms. The molecule has 0 aliphatic rings. The molecule has 0 unspecified atom stereocenters. The highest BCUT2D eigenvalue weighted by Crippen LogP contribution is 2.39. The highest BCUT2D eigenvalue weighted by molar-refractivity contribution is 7.15. The average Bonchev–Trinajstić information content (AvgIpc) is 3.51. The van der Waals surface area contributed by atoms with Crippen molar-refractivity contribution in [1.29, 1.82) is 0 Å². The molecule has 0 radical (unpaired) electrons. The Kier molecular flexibility index (Phi) is 6.23.